The van der Waals surface area contributed by atoms with Crippen molar-refractivity contribution in [1.82, 2.24) is 0 Å². The van der Waals surface area contributed by atoms with Crippen LogP contribution in [0.5, 0.6) is 0 Å². The van der Waals surface area contributed by atoms with Crippen LogP contribution in [0.2, 0.25) is 0 Å². The highest BCUT2D eigenvalue weighted by atomic mass is 14.2. The van der Waals surface area contributed by atoms with Gasteiger partial charge in [0, 0.05) is 0 Å². The van der Waals surface area contributed by atoms with E-state index in [2.05, 4.69) is 32.9 Å². The molecule has 0 heterocycles. The first-order valence-electron chi connectivity index (χ1n) is 4.08. The highest BCUT2D eigenvalue weighted by Gasteiger charge is 2.15. The zero-order chi connectivity index (χ0) is 7.56. The topological polar surface area (TPSA) is 0 Å². The maximum Gasteiger partial charge on any atom is -0.0225 e. The second-order valence-corrected chi connectivity index (χ2v) is 3.15. The number of rotatable bonds is 1. The van der Waals surface area contributed by atoms with Crippen molar-refractivity contribution in [3.63, 3.8) is 0 Å². The molecule has 0 radical (unpaired) electrons. The van der Waals surface area contributed by atoms with Gasteiger partial charge in [0.1, 0.15) is 0 Å². The van der Waals surface area contributed by atoms with Gasteiger partial charge in [-0.2, -0.15) is 0 Å². The monoisotopic (exact) mass is 136 g/mol. The summed E-state index contributed by atoms with van der Waals surface area (Å²) in [5.41, 5.74) is 3.16. The molecular weight excluding hydrogens is 120 g/mol. The van der Waals surface area contributed by atoms with Crippen LogP contribution in [-0.2, 0) is 0 Å². The van der Waals surface area contributed by atoms with E-state index in [0.717, 1.165) is 5.92 Å². The third-order valence-electron chi connectivity index (χ3n) is 2.46. The second kappa shape index (κ2) is 3.05. The van der Waals surface area contributed by atoms with Crippen molar-refractivity contribution in [1.29, 1.82) is 0 Å². The zero-order valence-corrected chi connectivity index (χ0v) is 7.15. The lowest BCUT2D eigenvalue weighted by molar-refractivity contribution is 0.669. The summed E-state index contributed by atoms with van der Waals surface area (Å²) in [5, 5.41) is 0. The van der Waals surface area contributed by atoms with Crippen molar-refractivity contribution in [3.8, 4) is 0 Å². The number of allylic oxidation sites excluding steroid dienone is 4. The van der Waals surface area contributed by atoms with Gasteiger partial charge in [-0.3, -0.25) is 0 Å². The van der Waals surface area contributed by atoms with E-state index in [9.17, 15) is 0 Å². The lowest BCUT2D eigenvalue weighted by Gasteiger charge is -2.00. The summed E-state index contributed by atoms with van der Waals surface area (Å²) in [6.07, 6.45) is 7.03. The Balaban J connectivity index is 2.75. The predicted molar refractivity (Wildman–Crippen MR) is 45.9 cm³/mol. The van der Waals surface area contributed by atoms with Gasteiger partial charge in [-0.25, -0.2) is 0 Å². The predicted octanol–water partition coefficient (Wildman–Crippen LogP) is 3.31. The van der Waals surface area contributed by atoms with Crippen LogP contribution in [-0.4, -0.2) is 0 Å². The Hall–Kier alpha value is -0.520. The first-order valence-corrected chi connectivity index (χ1v) is 4.08. The van der Waals surface area contributed by atoms with Crippen molar-refractivity contribution in [3.05, 3.63) is 23.3 Å². The SMILES string of the molecule is C/C=C\C1=C(C)C(C)CC1. The molecule has 0 aromatic carbocycles. The molecular formula is C10H16. The molecule has 0 bridgehead atoms. The lowest BCUT2D eigenvalue weighted by Crippen LogP contribution is -1.86. The molecule has 0 saturated carbocycles. The highest BCUT2D eigenvalue weighted by molar-refractivity contribution is 5.29. The molecule has 0 amide bonds. The maximum absolute atomic E-state index is 2.31. The summed E-state index contributed by atoms with van der Waals surface area (Å²) in [5.74, 6) is 0.825. The fourth-order valence-electron chi connectivity index (χ4n) is 1.52. The third kappa shape index (κ3) is 1.31. The van der Waals surface area contributed by atoms with E-state index < -0.39 is 0 Å². The van der Waals surface area contributed by atoms with Crippen LogP contribution in [0.15, 0.2) is 23.3 Å². The standard InChI is InChI=1S/C10H16/c1-4-5-10-7-6-8(2)9(10)3/h4-5,8H,6-7H2,1-3H3/b5-4-. The smallest absolute Gasteiger partial charge is 0.0225 e. The van der Waals surface area contributed by atoms with Gasteiger partial charge in [-0.15, -0.1) is 0 Å². The minimum atomic E-state index is 0.825. The Bertz CT molecular complexity index is 172. The summed E-state index contributed by atoms with van der Waals surface area (Å²) < 4.78 is 0. The van der Waals surface area contributed by atoms with Crippen LogP contribution in [0.3, 0.4) is 0 Å². The van der Waals surface area contributed by atoms with E-state index in [4.69, 9.17) is 0 Å². The summed E-state index contributed by atoms with van der Waals surface area (Å²) in [7, 11) is 0. The van der Waals surface area contributed by atoms with E-state index in [1.54, 1.807) is 11.1 Å². The van der Waals surface area contributed by atoms with E-state index in [1.165, 1.54) is 12.8 Å². The number of hydrogen-bond acceptors (Lipinski definition) is 0. The quantitative estimate of drug-likeness (QED) is 0.518. The van der Waals surface area contributed by atoms with Gasteiger partial charge in [0.15, 0.2) is 0 Å². The Morgan fingerprint density at radius 1 is 1.50 bits per heavy atom. The van der Waals surface area contributed by atoms with E-state index in [1.807, 2.05) is 0 Å². The Kier molecular flexibility index (Phi) is 2.31. The maximum atomic E-state index is 2.31. The van der Waals surface area contributed by atoms with Crippen molar-refractivity contribution in [2.45, 2.75) is 33.6 Å². The summed E-state index contributed by atoms with van der Waals surface area (Å²) in [6.45, 7) is 6.65. The molecule has 0 N–H and O–H groups in total. The Morgan fingerprint density at radius 3 is 2.60 bits per heavy atom. The molecule has 1 aliphatic carbocycles. The van der Waals surface area contributed by atoms with Crippen molar-refractivity contribution in [2.24, 2.45) is 5.92 Å². The van der Waals surface area contributed by atoms with Gasteiger partial charge in [-0.1, -0.05) is 24.6 Å². The minimum Gasteiger partial charge on any atom is -0.0874 e. The second-order valence-electron chi connectivity index (χ2n) is 3.15. The zero-order valence-electron chi connectivity index (χ0n) is 7.15. The first kappa shape index (κ1) is 7.59. The molecule has 1 unspecified atom stereocenters. The molecule has 0 nitrogen and oxygen atoms in total. The van der Waals surface area contributed by atoms with Gasteiger partial charge in [0.25, 0.3) is 0 Å². The molecule has 0 spiro atoms. The van der Waals surface area contributed by atoms with Crippen LogP contribution >= 0.6 is 0 Å². The largest absolute Gasteiger partial charge is 0.0874 e. The fraction of sp³-hybridized carbons (Fsp3) is 0.600. The van der Waals surface area contributed by atoms with Crippen molar-refractivity contribution >= 4 is 0 Å². The summed E-state index contributed by atoms with van der Waals surface area (Å²) in [4.78, 5) is 0. The van der Waals surface area contributed by atoms with Gasteiger partial charge in [0.05, 0.1) is 0 Å². The molecule has 0 saturated heterocycles. The molecule has 1 rings (SSSR count). The molecule has 1 aliphatic rings. The minimum absolute atomic E-state index is 0.825. The van der Waals surface area contributed by atoms with E-state index in [-0.39, 0.29) is 0 Å². The molecule has 10 heavy (non-hydrogen) atoms. The fourth-order valence-corrected chi connectivity index (χ4v) is 1.52. The van der Waals surface area contributed by atoms with Gasteiger partial charge in [-0.05, 0) is 38.2 Å². The van der Waals surface area contributed by atoms with Gasteiger partial charge < -0.3 is 0 Å². The van der Waals surface area contributed by atoms with Crippen LogP contribution in [0.1, 0.15) is 33.6 Å². The Morgan fingerprint density at radius 2 is 2.20 bits per heavy atom. The van der Waals surface area contributed by atoms with Gasteiger partial charge >= 0.3 is 0 Å². The van der Waals surface area contributed by atoms with Crippen LogP contribution in [0, 0.1) is 5.92 Å². The molecule has 1 atom stereocenters. The Labute approximate surface area is 63.6 Å². The van der Waals surface area contributed by atoms with E-state index in [0.29, 0.717) is 0 Å². The molecule has 56 valence electrons. The van der Waals surface area contributed by atoms with Crippen LogP contribution in [0.4, 0.5) is 0 Å². The van der Waals surface area contributed by atoms with Crippen molar-refractivity contribution < 1.29 is 0 Å². The summed E-state index contributed by atoms with van der Waals surface area (Å²) >= 11 is 0. The summed E-state index contributed by atoms with van der Waals surface area (Å²) in [6, 6.07) is 0. The first-order chi connectivity index (χ1) is 4.75. The lowest BCUT2D eigenvalue weighted by atomic mass is 10.1. The molecule has 0 aromatic heterocycles. The average Bonchev–Trinajstić information content (AvgIpc) is 2.20. The molecule has 0 aromatic rings. The van der Waals surface area contributed by atoms with Gasteiger partial charge in [0.2, 0.25) is 0 Å². The van der Waals surface area contributed by atoms with Crippen molar-refractivity contribution in [2.75, 3.05) is 0 Å². The molecule has 0 heteroatoms. The highest BCUT2D eigenvalue weighted by Crippen LogP contribution is 2.31. The third-order valence-corrected chi connectivity index (χ3v) is 2.46. The molecule has 0 fully saturated rings. The number of hydrogen-bond donors (Lipinski definition) is 0. The van der Waals surface area contributed by atoms with Crippen LogP contribution < -0.4 is 0 Å². The average molecular weight is 136 g/mol. The van der Waals surface area contributed by atoms with E-state index >= 15 is 0 Å². The normalized spacial score (nSPS) is 26.9. The molecule has 0 aliphatic heterocycles. The van der Waals surface area contributed by atoms with Crippen LogP contribution in [0.25, 0.3) is 0 Å².